The van der Waals surface area contributed by atoms with Crippen molar-refractivity contribution in [3.05, 3.63) is 41.8 Å². The molecule has 1 heterocycles. The van der Waals surface area contributed by atoms with E-state index in [1.807, 2.05) is 12.1 Å². The van der Waals surface area contributed by atoms with Gasteiger partial charge in [-0.15, -0.1) is 22.9 Å². The molecule has 1 aromatic carbocycles. The van der Waals surface area contributed by atoms with E-state index >= 15 is 0 Å². The van der Waals surface area contributed by atoms with Crippen LogP contribution >= 0.6 is 22.9 Å². The molecule has 0 aliphatic heterocycles. The van der Waals surface area contributed by atoms with Crippen LogP contribution in [-0.2, 0) is 0 Å². The lowest BCUT2D eigenvalue weighted by Gasteiger charge is -1.92. The Hall–Kier alpha value is -0.790. The van der Waals surface area contributed by atoms with Gasteiger partial charge in [0.2, 0.25) is 0 Å². The van der Waals surface area contributed by atoms with Gasteiger partial charge in [-0.05, 0) is 23.1 Å². The fourth-order valence-electron chi connectivity index (χ4n) is 1.22. The third kappa shape index (κ3) is 1.62. The molecule has 13 heavy (non-hydrogen) atoms. The van der Waals surface area contributed by atoms with Crippen LogP contribution in [0.2, 0.25) is 0 Å². The van der Waals surface area contributed by atoms with E-state index < -0.39 is 0 Å². The number of hydrogen-bond acceptors (Lipinski definition) is 1. The van der Waals surface area contributed by atoms with Gasteiger partial charge < -0.3 is 0 Å². The molecule has 0 atom stereocenters. The van der Waals surface area contributed by atoms with E-state index in [1.54, 1.807) is 11.3 Å². The monoisotopic (exact) mass is 208 g/mol. The van der Waals surface area contributed by atoms with Gasteiger partial charge in [-0.25, -0.2) is 0 Å². The Morgan fingerprint density at radius 2 is 2.15 bits per heavy atom. The van der Waals surface area contributed by atoms with Crippen LogP contribution in [0.3, 0.4) is 0 Å². The highest BCUT2D eigenvalue weighted by Gasteiger charge is 2.02. The highest BCUT2D eigenvalue weighted by atomic mass is 35.5. The fraction of sp³-hybridized carbons (Fsp3) is 0.0909. The standard InChI is InChI=1S/C11H9ClS/c1-8(7-12)11-6-9-4-2-3-5-10(9)13-11/h2-6H,1,7H2. The first kappa shape index (κ1) is 8.79. The summed E-state index contributed by atoms with van der Waals surface area (Å²) >= 11 is 7.47. The fourth-order valence-corrected chi connectivity index (χ4v) is 2.48. The van der Waals surface area contributed by atoms with Crippen LogP contribution in [0.1, 0.15) is 4.88 Å². The van der Waals surface area contributed by atoms with Gasteiger partial charge in [0.15, 0.2) is 0 Å². The second-order valence-corrected chi connectivity index (χ2v) is 4.24. The topological polar surface area (TPSA) is 0 Å². The SMILES string of the molecule is C=C(CCl)c1cc2ccccc2s1. The van der Waals surface area contributed by atoms with Gasteiger partial charge in [0, 0.05) is 15.5 Å². The first-order valence-corrected chi connectivity index (χ1v) is 5.39. The van der Waals surface area contributed by atoms with Crippen molar-refractivity contribution in [2.24, 2.45) is 0 Å². The second kappa shape index (κ2) is 3.52. The van der Waals surface area contributed by atoms with E-state index in [0.29, 0.717) is 5.88 Å². The van der Waals surface area contributed by atoms with Crippen molar-refractivity contribution in [2.45, 2.75) is 0 Å². The lowest BCUT2D eigenvalue weighted by Crippen LogP contribution is -1.75. The normalized spacial score (nSPS) is 10.5. The Kier molecular flexibility index (Phi) is 2.38. The predicted molar refractivity (Wildman–Crippen MR) is 61.6 cm³/mol. The van der Waals surface area contributed by atoms with Crippen LogP contribution in [0.15, 0.2) is 36.9 Å². The van der Waals surface area contributed by atoms with Crippen LogP contribution < -0.4 is 0 Å². The van der Waals surface area contributed by atoms with Crippen molar-refractivity contribution in [3.8, 4) is 0 Å². The number of fused-ring (bicyclic) bond motifs is 1. The molecule has 1 aromatic heterocycles. The Bertz CT molecular complexity index is 409. The van der Waals surface area contributed by atoms with E-state index in [4.69, 9.17) is 11.6 Å². The second-order valence-electron chi connectivity index (χ2n) is 2.89. The molecular formula is C11H9ClS. The molecule has 0 unspecified atom stereocenters. The van der Waals surface area contributed by atoms with E-state index in [2.05, 4.69) is 24.8 Å². The maximum absolute atomic E-state index is 5.72. The first-order chi connectivity index (χ1) is 6.31. The lowest BCUT2D eigenvalue weighted by molar-refractivity contribution is 1.76. The summed E-state index contributed by atoms with van der Waals surface area (Å²) in [6, 6.07) is 10.5. The summed E-state index contributed by atoms with van der Waals surface area (Å²) in [7, 11) is 0. The zero-order chi connectivity index (χ0) is 9.26. The van der Waals surface area contributed by atoms with Crippen LogP contribution in [0, 0.1) is 0 Å². The molecule has 2 aromatic rings. The van der Waals surface area contributed by atoms with E-state index in [-0.39, 0.29) is 0 Å². The average molecular weight is 209 g/mol. The number of rotatable bonds is 2. The largest absolute Gasteiger partial charge is 0.136 e. The summed E-state index contributed by atoms with van der Waals surface area (Å²) in [5.41, 5.74) is 1.00. The number of alkyl halides is 1. The third-order valence-electron chi connectivity index (χ3n) is 1.94. The van der Waals surface area contributed by atoms with Crippen molar-refractivity contribution >= 4 is 38.6 Å². The molecule has 0 bridgehead atoms. The number of allylic oxidation sites excluding steroid dienone is 1. The summed E-state index contributed by atoms with van der Waals surface area (Å²) in [5, 5.41) is 1.27. The van der Waals surface area contributed by atoms with Gasteiger partial charge >= 0.3 is 0 Å². The average Bonchev–Trinajstić information content (AvgIpc) is 2.59. The van der Waals surface area contributed by atoms with Gasteiger partial charge in [0.1, 0.15) is 0 Å². The highest BCUT2D eigenvalue weighted by molar-refractivity contribution is 7.20. The Morgan fingerprint density at radius 1 is 1.38 bits per heavy atom. The smallest absolute Gasteiger partial charge is 0.0482 e. The molecule has 0 aliphatic rings. The van der Waals surface area contributed by atoms with E-state index in [0.717, 1.165) is 5.57 Å². The molecule has 0 N–H and O–H groups in total. The number of thiophene rings is 1. The van der Waals surface area contributed by atoms with Crippen molar-refractivity contribution in [1.82, 2.24) is 0 Å². The quantitative estimate of drug-likeness (QED) is 0.651. The molecule has 2 rings (SSSR count). The molecule has 0 nitrogen and oxygen atoms in total. The van der Waals surface area contributed by atoms with E-state index in [1.165, 1.54) is 15.0 Å². The minimum absolute atomic E-state index is 0.507. The van der Waals surface area contributed by atoms with Crippen LogP contribution in [0.5, 0.6) is 0 Å². The molecule has 0 radical (unpaired) electrons. The zero-order valence-electron chi connectivity index (χ0n) is 7.09. The van der Waals surface area contributed by atoms with Crippen LogP contribution in [0.4, 0.5) is 0 Å². The Labute approximate surface area is 86.5 Å². The maximum Gasteiger partial charge on any atom is 0.0482 e. The minimum atomic E-state index is 0.507. The first-order valence-electron chi connectivity index (χ1n) is 4.04. The number of benzene rings is 1. The molecule has 0 saturated carbocycles. The number of halogens is 1. The third-order valence-corrected chi connectivity index (χ3v) is 3.48. The summed E-state index contributed by atoms with van der Waals surface area (Å²) < 4.78 is 1.30. The molecular weight excluding hydrogens is 200 g/mol. The maximum atomic E-state index is 5.72. The van der Waals surface area contributed by atoms with Crippen LogP contribution in [0.25, 0.3) is 15.7 Å². The van der Waals surface area contributed by atoms with E-state index in [9.17, 15) is 0 Å². The summed E-state index contributed by atoms with van der Waals surface area (Å²) in [5.74, 6) is 0.507. The zero-order valence-corrected chi connectivity index (χ0v) is 8.66. The van der Waals surface area contributed by atoms with Gasteiger partial charge in [0.05, 0.1) is 0 Å². The molecule has 0 saturated heterocycles. The molecule has 66 valence electrons. The van der Waals surface area contributed by atoms with Crippen molar-refractivity contribution < 1.29 is 0 Å². The summed E-state index contributed by atoms with van der Waals surface area (Å²) in [6.45, 7) is 3.92. The molecule has 0 fully saturated rings. The molecule has 2 heteroatoms. The predicted octanol–water partition coefficient (Wildman–Crippen LogP) is 4.15. The Balaban J connectivity index is 2.56. The summed E-state index contributed by atoms with van der Waals surface area (Å²) in [4.78, 5) is 1.19. The van der Waals surface area contributed by atoms with Gasteiger partial charge in [-0.2, -0.15) is 0 Å². The van der Waals surface area contributed by atoms with Gasteiger partial charge in [-0.3, -0.25) is 0 Å². The summed E-state index contributed by atoms with van der Waals surface area (Å²) in [6.07, 6.45) is 0. The van der Waals surface area contributed by atoms with Gasteiger partial charge in [0.25, 0.3) is 0 Å². The molecule has 0 aliphatic carbocycles. The lowest BCUT2D eigenvalue weighted by atomic mass is 10.2. The van der Waals surface area contributed by atoms with Crippen LogP contribution in [-0.4, -0.2) is 5.88 Å². The van der Waals surface area contributed by atoms with Crippen molar-refractivity contribution in [2.75, 3.05) is 5.88 Å². The highest BCUT2D eigenvalue weighted by Crippen LogP contribution is 2.29. The Morgan fingerprint density at radius 3 is 2.85 bits per heavy atom. The molecule has 0 amide bonds. The van der Waals surface area contributed by atoms with Crippen molar-refractivity contribution in [3.63, 3.8) is 0 Å². The minimum Gasteiger partial charge on any atom is -0.136 e. The van der Waals surface area contributed by atoms with Gasteiger partial charge in [-0.1, -0.05) is 24.8 Å². The van der Waals surface area contributed by atoms with Crippen molar-refractivity contribution in [1.29, 1.82) is 0 Å². The number of hydrogen-bond donors (Lipinski definition) is 0. The molecule has 0 spiro atoms.